The zero-order valence-electron chi connectivity index (χ0n) is 10.3. The average molecular weight is 218 g/mol. The summed E-state index contributed by atoms with van der Waals surface area (Å²) in [6.07, 6.45) is 3.25. The first-order valence-electron chi connectivity index (χ1n) is 5.47. The summed E-state index contributed by atoms with van der Waals surface area (Å²) in [5.41, 5.74) is 4.81. The molecule has 0 saturated carbocycles. The maximum absolute atomic E-state index is 11.1. The van der Waals surface area contributed by atoms with Gasteiger partial charge in [-0.05, 0) is 56.0 Å². The van der Waals surface area contributed by atoms with E-state index in [4.69, 9.17) is 4.74 Å². The van der Waals surface area contributed by atoms with Crippen LogP contribution in [0.4, 0.5) is 0 Å². The lowest BCUT2D eigenvalue weighted by atomic mass is 10.0. The molecule has 1 aromatic rings. The zero-order chi connectivity index (χ0) is 12.1. The average Bonchev–Trinajstić information content (AvgIpc) is 2.23. The van der Waals surface area contributed by atoms with Gasteiger partial charge in [0.05, 0.1) is 6.61 Å². The van der Waals surface area contributed by atoms with Crippen LogP contribution in [0.3, 0.4) is 0 Å². The lowest BCUT2D eigenvalue weighted by Crippen LogP contribution is -1.98. The Balaban J connectivity index is 2.86. The largest absolute Gasteiger partial charge is 0.463 e. The van der Waals surface area contributed by atoms with Crippen LogP contribution in [0.2, 0.25) is 0 Å². The molecule has 0 aliphatic rings. The minimum Gasteiger partial charge on any atom is -0.463 e. The van der Waals surface area contributed by atoms with E-state index in [1.807, 2.05) is 0 Å². The minimum absolute atomic E-state index is 0.293. The van der Waals surface area contributed by atoms with Gasteiger partial charge in [-0.3, -0.25) is 0 Å². The van der Waals surface area contributed by atoms with Crippen LogP contribution in [-0.4, -0.2) is 12.6 Å². The number of aryl methyl sites for hydroxylation is 2. The number of carbonyl (C=O) groups excluding carboxylic acids is 1. The second-order valence-electron chi connectivity index (χ2n) is 3.87. The fourth-order valence-corrected chi connectivity index (χ4v) is 1.52. The number of benzene rings is 1. The highest BCUT2D eigenvalue weighted by molar-refractivity contribution is 5.87. The molecule has 0 aliphatic carbocycles. The van der Waals surface area contributed by atoms with Crippen LogP contribution in [0, 0.1) is 20.8 Å². The molecule has 1 rings (SSSR count). The van der Waals surface area contributed by atoms with Crippen molar-refractivity contribution >= 4 is 12.0 Å². The molecule has 0 aromatic heterocycles. The van der Waals surface area contributed by atoms with Gasteiger partial charge in [0, 0.05) is 6.08 Å². The molecular formula is C14H18O2. The first-order valence-corrected chi connectivity index (χ1v) is 5.47. The van der Waals surface area contributed by atoms with Gasteiger partial charge < -0.3 is 4.74 Å². The van der Waals surface area contributed by atoms with E-state index in [0.29, 0.717) is 6.61 Å². The third-order valence-corrected chi connectivity index (χ3v) is 2.65. The van der Waals surface area contributed by atoms with Crippen LogP contribution in [-0.2, 0) is 9.53 Å². The standard InChI is InChI=1S/C14H18O2/c1-5-16-14(15)7-6-13-8-10(2)12(4)11(3)9-13/h6-9H,5H2,1-4H3. The lowest BCUT2D eigenvalue weighted by molar-refractivity contribution is -0.137. The molecule has 0 atom stereocenters. The quantitative estimate of drug-likeness (QED) is 0.575. The predicted molar refractivity (Wildman–Crippen MR) is 66.3 cm³/mol. The summed E-state index contributed by atoms with van der Waals surface area (Å²) in [7, 11) is 0. The number of rotatable bonds is 3. The summed E-state index contributed by atoms with van der Waals surface area (Å²) in [5.74, 6) is -0.293. The van der Waals surface area contributed by atoms with Gasteiger partial charge in [0.2, 0.25) is 0 Å². The smallest absolute Gasteiger partial charge is 0.330 e. The van der Waals surface area contributed by atoms with E-state index in [1.54, 1.807) is 13.0 Å². The van der Waals surface area contributed by atoms with E-state index < -0.39 is 0 Å². The molecule has 0 saturated heterocycles. The Bertz CT molecular complexity index is 394. The molecule has 0 fully saturated rings. The molecule has 0 N–H and O–H groups in total. The third kappa shape index (κ3) is 3.23. The highest BCUT2D eigenvalue weighted by Crippen LogP contribution is 2.16. The fraction of sp³-hybridized carbons (Fsp3) is 0.357. The summed E-state index contributed by atoms with van der Waals surface area (Å²) >= 11 is 0. The van der Waals surface area contributed by atoms with E-state index >= 15 is 0 Å². The monoisotopic (exact) mass is 218 g/mol. The van der Waals surface area contributed by atoms with Crippen molar-refractivity contribution in [3.63, 3.8) is 0 Å². The Morgan fingerprint density at radius 2 is 1.81 bits per heavy atom. The number of ether oxygens (including phenoxy) is 1. The number of esters is 1. The summed E-state index contributed by atoms with van der Waals surface area (Å²) in [4.78, 5) is 11.1. The SMILES string of the molecule is CCOC(=O)C=Cc1cc(C)c(C)c(C)c1. The summed E-state index contributed by atoms with van der Waals surface area (Å²) in [6, 6.07) is 4.14. The summed E-state index contributed by atoms with van der Waals surface area (Å²) < 4.78 is 4.82. The second-order valence-corrected chi connectivity index (χ2v) is 3.87. The van der Waals surface area contributed by atoms with Gasteiger partial charge in [-0.2, -0.15) is 0 Å². The Labute approximate surface area is 96.9 Å². The van der Waals surface area contributed by atoms with Crippen LogP contribution < -0.4 is 0 Å². The number of hydrogen-bond donors (Lipinski definition) is 0. The molecule has 2 nitrogen and oxygen atoms in total. The summed E-state index contributed by atoms with van der Waals surface area (Å²) in [6.45, 7) is 8.46. The molecule has 2 heteroatoms. The van der Waals surface area contributed by atoms with Crippen molar-refractivity contribution in [1.29, 1.82) is 0 Å². The van der Waals surface area contributed by atoms with Crippen molar-refractivity contribution in [2.45, 2.75) is 27.7 Å². The van der Waals surface area contributed by atoms with E-state index in [9.17, 15) is 4.79 Å². The van der Waals surface area contributed by atoms with Gasteiger partial charge in [0.25, 0.3) is 0 Å². The zero-order valence-corrected chi connectivity index (χ0v) is 10.3. The third-order valence-electron chi connectivity index (χ3n) is 2.65. The van der Waals surface area contributed by atoms with Crippen molar-refractivity contribution in [2.75, 3.05) is 6.61 Å². The number of carbonyl (C=O) groups is 1. The van der Waals surface area contributed by atoms with E-state index in [2.05, 4.69) is 32.9 Å². The molecule has 86 valence electrons. The van der Waals surface area contributed by atoms with E-state index in [-0.39, 0.29) is 5.97 Å². The Kier molecular flexibility index (Phi) is 4.29. The van der Waals surface area contributed by atoms with Gasteiger partial charge in [-0.1, -0.05) is 12.1 Å². The molecule has 0 amide bonds. The van der Waals surface area contributed by atoms with E-state index in [1.165, 1.54) is 22.8 Å². The molecular weight excluding hydrogens is 200 g/mol. The topological polar surface area (TPSA) is 26.3 Å². The normalized spacial score (nSPS) is 10.8. The molecule has 0 unspecified atom stereocenters. The molecule has 0 spiro atoms. The predicted octanol–water partition coefficient (Wildman–Crippen LogP) is 3.19. The Morgan fingerprint density at radius 3 is 2.31 bits per heavy atom. The van der Waals surface area contributed by atoms with Crippen molar-refractivity contribution in [3.05, 3.63) is 40.5 Å². The van der Waals surface area contributed by atoms with Gasteiger partial charge >= 0.3 is 5.97 Å². The van der Waals surface area contributed by atoms with Crippen LogP contribution in [0.1, 0.15) is 29.2 Å². The summed E-state index contributed by atoms with van der Waals surface area (Å²) in [5, 5.41) is 0. The second kappa shape index (κ2) is 5.50. The highest BCUT2D eigenvalue weighted by Gasteiger charge is 1.99. The molecule has 0 heterocycles. The lowest BCUT2D eigenvalue weighted by Gasteiger charge is -2.06. The van der Waals surface area contributed by atoms with Crippen LogP contribution in [0.25, 0.3) is 6.08 Å². The van der Waals surface area contributed by atoms with Gasteiger partial charge in [-0.25, -0.2) is 4.79 Å². The Hall–Kier alpha value is -1.57. The van der Waals surface area contributed by atoms with Crippen LogP contribution in [0.15, 0.2) is 18.2 Å². The Morgan fingerprint density at radius 1 is 1.25 bits per heavy atom. The molecule has 0 aliphatic heterocycles. The van der Waals surface area contributed by atoms with Crippen molar-refractivity contribution in [1.82, 2.24) is 0 Å². The van der Waals surface area contributed by atoms with Crippen LogP contribution >= 0.6 is 0 Å². The van der Waals surface area contributed by atoms with Gasteiger partial charge in [0.15, 0.2) is 0 Å². The highest BCUT2D eigenvalue weighted by atomic mass is 16.5. The first kappa shape index (κ1) is 12.5. The van der Waals surface area contributed by atoms with E-state index in [0.717, 1.165) is 5.56 Å². The van der Waals surface area contributed by atoms with Crippen LogP contribution in [0.5, 0.6) is 0 Å². The maximum atomic E-state index is 11.1. The molecule has 0 radical (unpaired) electrons. The molecule has 0 bridgehead atoms. The fourth-order valence-electron chi connectivity index (χ4n) is 1.52. The van der Waals surface area contributed by atoms with Crippen molar-refractivity contribution in [3.8, 4) is 0 Å². The van der Waals surface area contributed by atoms with Crippen molar-refractivity contribution in [2.24, 2.45) is 0 Å². The van der Waals surface area contributed by atoms with Gasteiger partial charge in [-0.15, -0.1) is 0 Å². The maximum Gasteiger partial charge on any atom is 0.330 e. The van der Waals surface area contributed by atoms with Gasteiger partial charge in [0.1, 0.15) is 0 Å². The number of hydrogen-bond acceptors (Lipinski definition) is 2. The molecule has 16 heavy (non-hydrogen) atoms. The minimum atomic E-state index is -0.293. The van der Waals surface area contributed by atoms with Crippen molar-refractivity contribution < 1.29 is 9.53 Å². The molecule has 1 aromatic carbocycles. The first-order chi connectivity index (χ1) is 7.54.